The van der Waals surface area contributed by atoms with Gasteiger partial charge in [-0.25, -0.2) is 9.97 Å². The number of anilines is 1. The van der Waals surface area contributed by atoms with Gasteiger partial charge in [-0.1, -0.05) is 12.1 Å². The summed E-state index contributed by atoms with van der Waals surface area (Å²) < 4.78 is 0. The van der Waals surface area contributed by atoms with E-state index in [1.165, 1.54) is 6.33 Å². The minimum Gasteiger partial charge on any atom is -0.369 e. The van der Waals surface area contributed by atoms with Crippen LogP contribution >= 0.6 is 0 Å². The van der Waals surface area contributed by atoms with Crippen LogP contribution in [-0.2, 0) is 4.79 Å². The van der Waals surface area contributed by atoms with Crippen LogP contribution in [0.5, 0.6) is 0 Å². The van der Waals surface area contributed by atoms with E-state index in [1.54, 1.807) is 0 Å². The van der Waals surface area contributed by atoms with Gasteiger partial charge in [-0.3, -0.25) is 4.79 Å². The van der Waals surface area contributed by atoms with Gasteiger partial charge in [0.1, 0.15) is 12.1 Å². The first-order chi connectivity index (χ1) is 10.7. The maximum atomic E-state index is 11.7. The fraction of sp³-hybridized carbons (Fsp3) is 0.438. The molecule has 0 bridgehead atoms. The molecule has 0 radical (unpaired) electrons. The molecule has 2 N–H and O–H groups in total. The molecule has 6 nitrogen and oxygen atoms in total. The zero-order chi connectivity index (χ0) is 15.8. The van der Waals surface area contributed by atoms with Crippen LogP contribution in [0.1, 0.15) is 12.8 Å². The molecule has 2 rings (SSSR count). The van der Waals surface area contributed by atoms with Gasteiger partial charge >= 0.3 is 0 Å². The zero-order valence-electron chi connectivity index (χ0n) is 13.2. The predicted molar refractivity (Wildman–Crippen MR) is 88.8 cm³/mol. The Hall–Kier alpha value is -2.21. The highest BCUT2D eigenvalue weighted by molar-refractivity contribution is 5.88. The van der Waals surface area contributed by atoms with E-state index in [4.69, 9.17) is 0 Å². The lowest BCUT2D eigenvalue weighted by Gasteiger charge is -2.10. The normalized spacial score (nSPS) is 10.9. The molecule has 1 amide bonds. The number of hydrogen-bond acceptors (Lipinski definition) is 5. The SMILES string of the molecule is CN(C)CCCNC(=O)CCNc1ncnc2ccccc12. The fourth-order valence-corrected chi connectivity index (χ4v) is 2.15. The lowest BCUT2D eigenvalue weighted by molar-refractivity contribution is -0.120. The number of carbonyl (C=O) groups excluding carboxylic acids is 1. The molecule has 0 saturated carbocycles. The highest BCUT2D eigenvalue weighted by atomic mass is 16.1. The lowest BCUT2D eigenvalue weighted by Crippen LogP contribution is -2.28. The summed E-state index contributed by atoms with van der Waals surface area (Å²) in [5, 5.41) is 7.10. The van der Waals surface area contributed by atoms with Crippen molar-refractivity contribution in [2.45, 2.75) is 12.8 Å². The van der Waals surface area contributed by atoms with E-state index in [0.29, 0.717) is 19.5 Å². The van der Waals surface area contributed by atoms with Crippen molar-refractivity contribution < 1.29 is 4.79 Å². The largest absolute Gasteiger partial charge is 0.369 e. The summed E-state index contributed by atoms with van der Waals surface area (Å²) in [7, 11) is 4.05. The summed E-state index contributed by atoms with van der Waals surface area (Å²) >= 11 is 0. The number of para-hydroxylation sites is 1. The van der Waals surface area contributed by atoms with E-state index in [9.17, 15) is 4.79 Å². The third-order valence-electron chi connectivity index (χ3n) is 3.29. The highest BCUT2D eigenvalue weighted by Gasteiger charge is 2.04. The number of nitrogens with zero attached hydrogens (tertiary/aromatic N) is 3. The average molecular weight is 301 g/mol. The second-order valence-electron chi connectivity index (χ2n) is 5.42. The Balaban J connectivity index is 1.75. The summed E-state index contributed by atoms with van der Waals surface area (Å²) in [6, 6.07) is 7.81. The van der Waals surface area contributed by atoms with Crippen molar-refractivity contribution in [1.29, 1.82) is 0 Å². The van der Waals surface area contributed by atoms with Crippen LogP contribution in [0.2, 0.25) is 0 Å². The summed E-state index contributed by atoms with van der Waals surface area (Å²) in [4.78, 5) is 22.3. The first-order valence-electron chi connectivity index (χ1n) is 7.52. The molecule has 6 heteroatoms. The summed E-state index contributed by atoms with van der Waals surface area (Å²) in [6.07, 6.45) is 2.93. The molecule has 0 saturated heterocycles. The van der Waals surface area contributed by atoms with Crippen LogP contribution in [0.25, 0.3) is 10.9 Å². The summed E-state index contributed by atoms with van der Waals surface area (Å²) in [5.74, 6) is 0.829. The van der Waals surface area contributed by atoms with Crippen molar-refractivity contribution in [3.05, 3.63) is 30.6 Å². The number of benzene rings is 1. The van der Waals surface area contributed by atoms with Gasteiger partial charge < -0.3 is 15.5 Å². The molecule has 0 spiro atoms. The number of carbonyl (C=O) groups is 1. The van der Waals surface area contributed by atoms with E-state index in [2.05, 4.69) is 25.5 Å². The number of hydrogen-bond donors (Lipinski definition) is 2. The van der Waals surface area contributed by atoms with Crippen molar-refractivity contribution >= 4 is 22.6 Å². The monoisotopic (exact) mass is 301 g/mol. The van der Waals surface area contributed by atoms with E-state index in [-0.39, 0.29) is 5.91 Å². The van der Waals surface area contributed by atoms with Gasteiger partial charge in [-0.05, 0) is 39.2 Å². The first-order valence-corrected chi connectivity index (χ1v) is 7.52. The maximum Gasteiger partial charge on any atom is 0.221 e. The first kappa shape index (κ1) is 16.2. The van der Waals surface area contributed by atoms with Crippen molar-refractivity contribution in [3.63, 3.8) is 0 Å². The molecule has 22 heavy (non-hydrogen) atoms. The molecule has 0 aliphatic heterocycles. The van der Waals surface area contributed by atoms with Crippen LogP contribution in [0.4, 0.5) is 5.82 Å². The third-order valence-corrected chi connectivity index (χ3v) is 3.29. The molecular formula is C16H23N5O. The summed E-state index contributed by atoms with van der Waals surface area (Å²) in [6.45, 7) is 2.25. The van der Waals surface area contributed by atoms with Gasteiger partial charge in [0.05, 0.1) is 5.52 Å². The lowest BCUT2D eigenvalue weighted by atomic mass is 10.2. The Kier molecular flexibility index (Phi) is 6.09. The van der Waals surface area contributed by atoms with Gasteiger partial charge in [0.2, 0.25) is 5.91 Å². The number of nitrogens with one attached hydrogen (secondary N) is 2. The Labute approximate surface area is 130 Å². The summed E-state index contributed by atoms with van der Waals surface area (Å²) in [5.41, 5.74) is 0.896. The third kappa shape index (κ3) is 4.96. The molecule has 0 atom stereocenters. The minimum absolute atomic E-state index is 0.0598. The van der Waals surface area contributed by atoms with Crippen molar-refractivity contribution in [3.8, 4) is 0 Å². The van der Waals surface area contributed by atoms with Crippen LogP contribution in [0.15, 0.2) is 30.6 Å². The van der Waals surface area contributed by atoms with Crippen LogP contribution in [-0.4, -0.2) is 54.5 Å². The van der Waals surface area contributed by atoms with Crippen LogP contribution in [0.3, 0.4) is 0 Å². The Morgan fingerprint density at radius 3 is 2.82 bits per heavy atom. The molecule has 0 aliphatic rings. The molecule has 0 aliphatic carbocycles. The van der Waals surface area contributed by atoms with E-state index >= 15 is 0 Å². The predicted octanol–water partition coefficient (Wildman–Crippen LogP) is 1.50. The zero-order valence-corrected chi connectivity index (χ0v) is 13.2. The Morgan fingerprint density at radius 2 is 2.00 bits per heavy atom. The topological polar surface area (TPSA) is 70.2 Å². The van der Waals surface area contributed by atoms with Crippen molar-refractivity contribution in [2.75, 3.05) is 39.0 Å². The van der Waals surface area contributed by atoms with E-state index in [0.717, 1.165) is 29.7 Å². The smallest absolute Gasteiger partial charge is 0.221 e. The molecule has 1 aromatic heterocycles. The van der Waals surface area contributed by atoms with Gasteiger partial charge in [-0.2, -0.15) is 0 Å². The van der Waals surface area contributed by atoms with Crippen molar-refractivity contribution in [1.82, 2.24) is 20.2 Å². The standard InChI is InChI=1S/C16H23N5O/c1-21(2)11-5-9-17-15(22)8-10-18-16-13-6-3-4-7-14(13)19-12-20-16/h3-4,6-7,12H,5,8-11H2,1-2H3,(H,17,22)(H,18,19,20). The van der Waals surface area contributed by atoms with E-state index < -0.39 is 0 Å². The molecular weight excluding hydrogens is 278 g/mol. The van der Waals surface area contributed by atoms with Crippen LogP contribution < -0.4 is 10.6 Å². The van der Waals surface area contributed by atoms with E-state index in [1.807, 2.05) is 38.4 Å². The molecule has 2 aromatic rings. The molecule has 118 valence electrons. The van der Waals surface area contributed by atoms with Crippen molar-refractivity contribution in [2.24, 2.45) is 0 Å². The Bertz CT molecular complexity index is 609. The molecule has 0 unspecified atom stereocenters. The van der Waals surface area contributed by atoms with Gasteiger partial charge in [0.15, 0.2) is 0 Å². The molecule has 1 aromatic carbocycles. The fourth-order valence-electron chi connectivity index (χ4n) is 2.15. The number of rotatable bonds is 8. The molecule has 1 heterocycles. The Morgan fingerprint density at radius 1 is 1.18 bits per heavy atom. The second-order valence-corrected chi connectivity index (χ2v) is 5.42. The van der Waals surface area contributed by atoms with Gasteiger partial charge in [0, 0.05) is 24.9 Å². The van der Waals surface area contributed by atoms with Crippen LogP contribution in [0, 0.1) is 0 Å². The highest BCUT2D eigenvalue weighted by Crippen LogP contribution is 2.17. The number of aromatic nitrogens is 2. The minimum atomic E-state index is 0.0598. The second kappa shape index (κ2) is 8.29. The number of amides is 1. The van der Waals surface area contributed by atoms with Gasteiger partial charge in [-0.15, -0.1) is 0 Å². The van der Waals surface area contributed by atoms with Gasteiger partial charge in [0.25, 0.3) is 0 Å². The quantitative estimate of drug-likeness (QED) is 0.723. The molecule has 0 fully saturated rings. The average Bonchev–Trinajstić information content (AvgIpc) is 2.52. The number of fused-ring (bicyclic) bond motifs is 1. The maximum absolute atomic E-state index is 11.7.